The van der Waals surface area contributed by atoms with Gasteiger partial charge in [0, 0.05) is 18.7 Å². The number of rotatable bonds is 8. The summed E-state index contributed by atoms with van der Waals surface area (Å²) >= 11 is 1.58. The van der Waals surface area contributed by atoms with Gasteiger partial charge in [0.05, 0.1) is 17.3 Å². The number of thiazole rings is 1. The summed E-state index contributed by atoms with van der Waals surface area (Å²) < 4.78 is 6.34. The number of likely N-dealkylation sites (N-methyl/N-ethyl adjacent to an activating group) is 1. The molecule has 0 fully saturated rings. The number of aromatic nitrogens is 1. The Hall–Kier alpha value is -2.44. The first-order chi connectivity index (χ1) is 14.0. The van der Waals surface area contributed by atoms with Crippen molar-refractivity contribution in [3.63, 3.8) is 0 Å². The predicted molar refractivity (Wildman–Crippen MR) is 122 cm³/mol. The first-order valence-corrected chi connectivity index (χ1v) is 10.8. The Morgan fingerprint density at radius 3 is 2.38 bits per heavy atom. The third-order valence-electron chi connectivity index (χ3n) is 5.17. The minimum atomic E-state index is -0.0340. The van der Waals surface area contributed by atoms with E-state index < -0.39 is 0 Å². The van der Waals surface area contributed by atoms with Crippen LogP contribution >= 0.6 is 11.3 Å². The number of amides is 1. The largest absolute Gasteiger partial charge is 0.497 e. The molecule has 6 heteroatoms. The van der Waals surface area contributed by atoms with Crippen LogP contribution in [0.2, 0.25) is 0 Å². The SMILES string of the molecule is CCN(CC)CCN(C(=O)c1ccc(OC)cc1)c1nc2c(C)cc(C)cc2s1. The molecule has 0 spiro atoms. The topological polar surface area (TPSA) is 45.7 Å². The van der Waals surface area contributed by atoms with Gasteiger partial charge in [-0.05, 0) is 68.4 Å². The molecular formula is C23H29N3O2S. The number of anilines is 1. The highest BCUT2D eigenvalue weighted by molar-refractivity contribution is 7.22. The molecule has 5 nitrogen and oxygen atoms in total. The molecule has 1 heterocycles. The standard InChI is InChI=1S/C23H29N3O2S/c1-6-25(7-2)12-13-26(22(27)18-8-10-19(28-5)11-9-18)23-24-21-17(4)14-16(3)15-20(21)29-23/h8-11,14-15H,6-7,12-13H2,1-5H3. The highest BCUT2D eigenvalue weighted by Crippen LogP contribution is 2.32. The Labute approximate surface area is 176 Å². The molecule has 2 aromatic carbocycles. The first-order valence-electron chi connectivity index (χ1n) is 10.0. The first kappa shape index (κ1) is 21.3. The fraction of sp³-hybridized carbons (Fsp3) is 0.391. The molecule has 0 atom stereocenters. The van der Waals surface area contributed by atoms with Crippen LogP contribution in [0.5, 0.6) is 5.75 Å². The molecule has 0 aliphatic heterocycles. The second-order valence-electron chi connectivity index (χ2n) is 7.14. The lowest BCUT2D eigenvalue weighted by Crippen LogP contribution is -2.38. The number of aryl methyl sites for hydroxylation is 2. The molecule has 0 bridgehead atoms. The summed E-state index contributed by atoms with van der Waals surface area (Å²) in [4.78, 5) is 22.4. The van der Waals surface area contributed by atoms with Gasteiger partial charge in [0.2, 0.25) is 0 Å². The monoisotopic (exact) mass is 411 g/mol. The summed E-state index contributed by atoms with van der Waals surface area (Å²) in [5.74, 6) is 0.704. The van der Waals surface area contributed by atoms with Crippen molar-refractivity contribution in [1.29, 1.82) is 0 Å². The number of methoxy groups -OCH3 is 1. The van der Waals surface area contributed by atoms with Gasteiger partial charge in [0.1, 0.15) is 5.75 Å². The van der Waals surface area contributed by atoms with Crippen molar-refractivity contribution in [1.82, 2.24) is 9.88 Å². The highest BCUT2D eigenvalue weighted by Gasteiger charge is 2.22. The number of hydrogen-bond donors (Lipinski definition) is 0. The number of fused-ring (bicyclic) bond motifs is 1. The van der Waals surface area contributed by atoms with Crippen molar-refractivity contribution in [2.75, 3.05) is 38.2 Å². The normalized spacial score (nSPS) is 11.2. The Morgan fingerprint density at radius 2 is 1.76 bits per heavy atom. The molecule has 154 valence electrons. The summed E-state index contributed by atoms with van der Waals surface area (Å²) in [7, 11) is 1.62. The number of ether oxygens (including phenoxy) is 1. The summed E-state index contributed by atoms with van der Waals surface area (Å²) in [6.07, 6.45) is 0. The van der Waals surface area contributed by atoms with Crippen LogP contribution in [-0.2, 0) is 0 Å². The molecule has 3 aromatic rings. The Balaban J connectivity index is 1.97. The van der Waals surface area contributed by atoms with Gasteiger partial charge in [-0.3, -0.25) is 9.69 Å². The van der Waals surface area contributed by atoms with E-state index in [1.54, 1.807) is 18.4 Å². The van der Waals surface area contributed by atoms with E-state index in [4.69, 9.17) is 9.72 Å². The minimum Gasteiger partial charge on any atom is -0.497 e. The fourth-order valence-corrected chi connectivity index (χ4v) is 4.60. The smallest absolute Gasteiger partial charge is 0.260 e. The molecular weight excluding hydrogens is 382 g/mol. The predicted octanol–water partition coefficient (Wildman–Crippen LogP) is 4.91. The molecule has 0 unspecified atom stereocenters. The van der Waals surface area contributed by atoms with E-state index in [0.29, 0.717) is 12.1 Å². The zero-order valence-electron chi connectivity index (χ0n) is 17.9. The van der Waals surface area contributed by atoms with Crippen molar-refractivity contribution >= 4 is 32.6 Å². The highest BCUT2D eigenvalue weighted by atomic mass is 32.1. The van der Waals surface area contributed by atoms with Crippen LogP contribution in [0.3, 0.4) is 0 Å². The van der Waals surface area contributed by atoms with E-state index >= 15 is 0 Å². The molecule has 0 radical (unpaired) electrons. The van der Waals surface area contributed by atoms with E-state index in [-0.39, 0.29) is 5.91 Å². The third-order valence-corrected chi connectivity index (χ3v) is 6.19. The van der Waals surface area contributed by atoms with Crippen molar-refractivity contribution < 1.29 is 9.53 Å². The molecule has 0 saturated heterocycles. The molecule has 0 aliphatic carbocycles. The molecule has 29 heavy (non-hydrogen) atoms. The lowest BCUT2D eigenvalue weighted by Gasteiger charge is -2.24. The van der Waals surface area contributed by atoms with Gasteiger partial charge in [0.15, 0.2) is 5.13 Å². The van der Waals surface area contributed by atoms with E-state index in [0.717, 1.165) is 46.3 Å². The average molecular weight is 412 g/mol. The van der Waals surface area contributed by atoms with Crippen LogP contribution in [-0.4, -0.2) is 49.1 Å². The molecule has 0 N–H and O–H groups in total. The summed E-state index contributed by atoms with van der Waals surface area (Å²) in [6.45, 7) is 11.8. The van der Waals surface area contributed by atoms with Gasteiger partial charge in [-0.1, -0.05) is 31.3 Å². The molecule has 0 saturated carbocycles. The summed E-state index contributed by atoms with van der Waals surface area (Å²) in [5.41, 5.74) is 3.97. The van der Waals surface area contributed by atoms with Crippen LogP contribution in [0.1, 0.15) is 35.3 Å². The zero-order chi connectivity index (χ0) is 21.0. The Kier molecular flexibility index (Phi) is 6.87. The second-order valence-corrected chi connectivity index (χ2v) is 8.15. The van der Waals surface area contributed by atoms with Gasteiger partial charge in [0.25, 0.3) is 5.91 Å². The van der Waals surface area contributed by atoms with E-state index in [1.807, 2.05) is 29.2 Å². The molecule has 1 aromatic heterocycles. The maximum atomic E-state index is 13.4. The summed E-state index contributed by atoms with van der Waals surface area (Å²) in [6, 6.07) is 11.5. The van der Waals surface area contributed by atoms with Crippen molar-refractivity contribution in [2.45, 2.75) is 27.7 Å². The lowest BCUT2D eigenvalue weighted by atomic mass is 10.1. The van der Waals surface area contributed by atoms with Crippen molar-refractivity contribution in [3.05, 3.63) is 53.1 Å². The van der Waals surface area contributed by atoms with Crippen LogP contribution in [0.4, 0.5) is 5.13 Å². The van der Waals surface area contributed by atoms with E-state index in [9.17, 15) is 4.79 Å². The van der Waals surface area contributed by atoms with Crippen LogP contribution in [0.25, 0.3) is 10.2 Å². The van der Waals surface area contributed by atoms with E-state index in [2.05, 4.69) is 44.7 Å². The molecule has 1 amide bonds. The van der Waals surface area contributed by atoms with Crippen LogP contribution < -0.4 is 9.64 Å². The van der Waals surface area contributed by atoms with E-state index in [1.165, 1.54) is 5.56 Å². The fourth-order valence-electron chi connectivity index (χ4n) is 3.43. The number of carbonyl (C=O) groups excluding carboxylic acids is 1. The lowest BCUT2D eigenvalue weighted by molar-refractivity contribution is 0.0983. The van der Waals surface area contributed by atoms with Gasteiger partial charge >= 0.3 is 0 Å². The van der Waals surface area contributed by atoms with Gasteiger partial charge in [-0.2, -0.15) is 0 Å². The average Bonchev–Trinajstić information content (AvgIpc) is 3.15. The Bertz CT molecular complexity index is 978. The van der Waals surface area contributed by atoms with Gasteiger partial charge < -0.3 is 9.64 Å². The maximum Gasteiger partial charge on any atom is 0.260 e. The van der Waals surface area contributed by atoms with Gasteiger partial charge in [-0.15, -0.1) is 0 Å². The number of carbonyl (C=O) groups is 1. The van der Waals surface area contributed by atoms with Gasteiger partial charge in [-0.25, -0.2) is 4.98 Å². The zero-order valence-corrected chi connectivity index (χ0v) is 18.7. The van der Waals surface area contributed by atoms with Crippen molar-refractivity contribution in [2.24, 2.45) is 0 Å². The number of hydrogen-bond acceptors (Lipinski definition) is 5. The summed E-state index contributed by atoms with van der Waals surface area (Å²) in [5, 5.41) is 0.752. The molecule has 3 rings (SSSR count). The number of nitrogens with zero attached hydrogens (tertiary/aromatic N) is 3. The minimum absolute atomic E-state index is 0.0340. The third kappa shape index (κ3) is 4.77. The molecule has 0 aliphatic rings. The Morgan fingerprint density at radius 1 is 1.07 bits per heavy atom. The maximum absolute atomic E-state index is 13.4. The quantitative estimate of drug-likeness (QED) is 0.528. The second kappa shape index (κ2) is 9.37. The van der Waals surface area contributed by atoms with Crippen LogP contribution in [0, 0.1) is 13.8 Å². The van der Waals surface area contributed by atoms with Crippen LogP contribution in [0.15, 0.2) is 36.4 Å². The van der Waals surface area contributed by atoms with Crippen molar-refractivity contribution in [3.8, 4) is 5.75 Å². The number of benzene rings is 2.